The van der Waals surface area contributed by atoms with E-state index in [0.717, 1.165) is 5.56 Å². The van der Waals surface area contributed by atoms with Gasteiger partial charge in [-0.05, 0) is 57.7 Å². The summed E-state index contributed by atoms with van der Waals surface area (Å²) in [5, 5.41) is 16.3. The molecule has 1 N–H and O–H groups in total. The van der Waals surface area contributed by atoms with Gasteiger partial charge in [0, 0.05) is 44.1 Å². The van der Waals surface area contributed by atoms with Crippen LogP contribution in [0.2, 0.25) is 0 Å². The first-order valence-electron chi connectivity index (χ1n) is 16.6. The fourth-order valence-corrected chi connectivity index (χ4v) is 6.90. The topological polar surface area (TPSA) is 141 Å². The number of rotatable bonds is 5. The number of ether oxygens (including phenoxy) is 3. The van der Waals surface area contributed by atoms with E-state index in [1.807, 2.05) is 56.0 Å². The molecule has 2 aromatic carbocycles. The van der Waals surface area contributed by atoms with Crippen LogP contribution in [0.15, 0.2) is 78.4 Å². The average molecular weight is 669 g/mol. The molecule has 0 unspecified atom stereocenters. The monoisotopic (exact) mass is 668 g/mol. The first kappa shape index (κ1) is 32.4. The molecule has 3 aliphatic heterocycles. The van der Waals surface area contributed by atoms with Crippen molar-refractivity contribution in [1.29, 1.82) is 0 Å². The predicted molar refractivity (Wildman–Crippen MR) is 179 cm³/mol. The van der Waals surface area contributed by atoms with Gasteiger partial charge < -0.3 is 29.1 Å². The summed E-state index contributed by atoms with van der Waals surface area (Å²) in [5.74, 6) is 0.600. The Morgan fingerprint density at radius 3 is 2.47 bits per heavy atom. The van der Waals surface area contributed by atoms with Crippen LogP contribution in [0.3, 0.4) is 0 Å². The van der Waals surface area contributed by atoms with Gasteiger partial charge in [-0.1, -0.05) is 30.3 Å². The summed E-state index contributed by atoms with van der Waals surface area (Å²) in [6, 6.07) is 15.1. The standard InChI is InChI=1S/C36H40N6O7/c1-35(2,3)49-34(45)40-14-11-26(28(21-40)24-7-5-4-6-8-24)32(43)39-15-12-36(46,13-16-39)22-41-23-37-31-27(33(41)44)20-38-42(31)25-9-10-29-30(19-25)48-18-17-47-29/h4-10,17-20,23,26,28,46H,11-16,21-22H2,1-3H3/t26-,28+/m1/s1. The number of likely N-dealkylation sites (tertiary alicyclic amines) is 2. The van der Waals surface area contributed by atoms with Crippen LogP contribution in [-0.4, -0.2) is 83.6 Å². The summed E-state index contributed by atoms with van der Waals surface area (Å²) in [6.07, 6.45) is 6.54. The molecule has 3 aliphatic rings. The SMILES string of the molecule is CC(C)(C)OC(=O)N1CC[C@@H](C(=O)N2CCC(O)(Cn3cnc4c(cnn4-c4ccc5c(c4)OC=CO5)c3=O)CC2)[C@H](c2ccccc2)C1. The van der Waals surface area contributed by atoms with Gasteiger partial charge in [-0.15, -0.1) is 0 Å². The quantitative estimate of drug-likeness (QED) is 0.331. The van der Waals surface area contributed by atoms with Gasteiger partial charge in [0.15, 0.2) is 17.1 Å². The molecule has 2 fully saturated rings. The smallest absolute Gasteiger partial charge is 0.410 e. The van der Waals surface area contributed by atoms with Crippen molar-refractivity contribution in [3.8, 4) is 17.2 Å². The molecule has 2 atom stereocenters. The molecule has 0 aliphatic carbocycles. The van der Waals surface area contributed by atoms with Crippen molar-refractivity contribution in [2.75, 3.05) is 26.2 Å². The highest BCUT2D eigenvalue weighted by Gasteiger charge is 2.42. The minimum Gasteiger partial charge on any atom is -0.458 e. The van der Waals surface area contributed by atoms with Crippen LogP contribution in [0, 0.1) is 5.92 Å². The number of fused-ring (bicyclic) bond motifs is 2. The highest BCUT2D eigenvalue weighted by Crippen LogP contribution is 2.36. The number of carbonyl (C=O) groups excluding carboxylic acids is 2. The van der Waals surface area contributed by atoms with Crippen LogP contribution >= 0.6 is 0 Å². The number of hydrogen-bond acceptors (Lipinski definition) is 9. The van der Waals surface area contributed by atoms with Crippen molar-refractivity contribution in [2.45, 2.75) is 63.7 Å². The molecule has 0 spiro atoms. The summed E-state index contributed by atoms with van der Waals surface area (Å²) < 4.78 is 19.6. The first-order valence-corrected chi connectivity index (χ1v) is 16.6. The molecule has 0 saturated carbocycles. The lowest BCUT2D eigenvalue weighted by atomic mass is 9.79. The third-order valence-electron chi connectivity index (χ3n) is 9.45. The molecule has 2 amide bonds. The van der Waals surface area contributed by atoms with Crippen molar-refractivity contribution in [3.63, 3.8) is 0 Å². The lowest BCUT2D eigenvalue weighted by molar-refractivity contribution is -0.142. The molecule has 2 saturated heterocycles. The number of carbonyl (C=O) groups is 2. The summed E-state index contributed by atoms with van der Waals surface area (Å²) in [7, 11) is 0. The second-order valence-corrected chi connectivity index (χ2v) is 14.0. The fraction of sp³-hybridized carbons (Fsp3) is 0.417. The summed E-state index contributed by atoms with van der Waals surface area (Å²) in [5.41, 5.74) is -0.0963. The second kappa shape index (κ2) is 12.7. The van der Waals surface area contributed by atoms with Crippen LogP contribution < -0.4 is 15.0 Å². The van der Waals surface area contributed by atoms with Crippen LogP contribution in [0.25, 0.3) is 16.7 Å². The largest absolute Gasteiger partial charge is 0.458 e. The zero-order valence-corrected chi connectivity index (χ0v) is 27.8. The molecule has 0 bridgehead atoms. The molecule has 7 rings (SSSR count). The lowest BCUT2D eigenvalue weighted by Crippen LogP contribution is -2.53. The second-order valence-electron chi connectivity index (χ2n) is 14.0. The van der Waals surface area contributed by atoms with E-state index in [0.29, 0.717) is 73.7 Å². The fourth-order valence-electron chi connectivity index (χ4n) is 6.90. The molecule has 0 radical (unpaired) electrons. The minimum atomic E-state index is -1.20. The maximum Gasteiger partial charge on any atom is 0.410 e. The van der Waals surface area contributed by atoms with Gasteiger partial charge in [-0.2, -0.15) is 5.10 Å². The van der Waals surface area contributed by atoms with E-state index >= 15 is 0 Å². The average Bonchev–Trinajstić information content (AvgIpc) is 3.54. The number of amides is 2. The van der Waals surface area contributed by atoms with Gasteiger partial charge in [0.1, 0.15) is 29.8 Å². The Balaban J connectivity index is 1.03. The van der Waals surface area contributed by atoms with E-state index < -0.39 is 11.2 Å². The molecule has 2 aromatic heterocycles. The van der Waals surface area contributed by atoms with E-state index in [4.69, 9.17) is 14.2 Å². The van der Waals surface area contributed by atoms with Gasteiger partial charge in [-0.3, -0.25) is 14.2 Å². The molecule has 13 heteroatoms. The molecule has 13 nitrogen and oxygen atoms in total. The van der Waals surface area contributed by atoms with Crippen LogP contribution in [0.5, 0.6) is 11.5 Å². The van der Waals surface area contributed by atoms with Crippen LogP contribution in [-0.2, 0) is 16.1 Å². The van der Waals surface area contributed by atoms with Gasteiger partial charge in [-0.25, -0.2) is 14.5 Å². The lowest BCUT2D eigenvalue weighted by Gasteiger charge is -2.43. The van der Waals surface area contributed by atoms with Crippen molar-refractivity contribution in [2.24, 2.45) is 5.92 Å². The summed E-state index contributed by atoms with van der Waals surface area (Å²) in [4.78, 5) is 48.5. The molecule has 49 heavy (non-hydrogen) atoms. The highest BCUT2D eigenvalue weighted by molar-refractivity contribution is 5.81. The van der Waals surface area contributed by atoms with Gasteiger partial charge >= 0.3 is 6.09 Å². The Labute approximate surface area is 283 Å². The molecular formula is C36H40N6O7. The van der Waals surface area contributed by atoms with E-state index in [2.05, 4.69) is 10.1 Å². The Morgan fingerprint density at radius 1 is 1.00 bits per heavy atom. The number of hydrogen-bond donors (Lipinski definition) is 1. The van der Waals surface area contributed by atoms with E-state index in [1.54, 1.807) is 27.8 Å². The highest BCUT2D eigenvalue weighted by atomic mass is 16.6. The maximum absolute atomic E-state index is 14.0. The van der Waals surface area contributed by atoms with Gasteiger partial charge in [0.05, 0.1) is 24.0 Å². The number of aromatic nitrogens is 4. The maximum atomic E-state index is 14.0. The summed E-state index contributed by atoms with van der Waals surface area (Å²) >= 11 is 0. The van der Waals surface area contributed by atoms with E-state index in [-0.39, 0.29) is 35.9 Å². The molecule has 256 valence electrons. The zero-order valence-electron chi connectivity index (χ0n) is 27.8. The minimum absolute atomic E-state index is 0.0163. The number of aliphatic hydroxyl groups is 1. The third kappa shape index (κ3) is 6.62. The molecular weight excluding hydrogens is 628 g/mol. The zero-order chi connectivity index (χ0) is 34.3. The Bertz CT molecular complexity index is 1960. The number of piperidine rings is 2. The predicted octanol–water partition coefficient (Wildman–Crippen LogP) is 4.22. The van der Waals surface area contributed by atoms with Gasteiger partial charge in [0.2, 0.25) is 5.91 Å². The van der Waals surface area contributed by atoms with Crippen molar-refractivity contribution < 1.29 is 28.9 Å². The molecule has 5 heterocycles. The van der Waals surface area contributed by atoms with Crippen LogP contribution in [0.4, 0.5) is 4.79 Å². The van der Waals surface area contributed by atoms with Crippen LogP contribution in [0.1, 0.15) is 51.5 Å². The van der Waals surface area contributed by atoms with Crippen molar-refractivity contribution in [3.05, 3.63) is 89.5 Å². The van der Waals surface area contributed by atoms with E-state index in [9.17, 15) is 19.5 Å². The number of nitrogens with zero attached hydrogens (tertiary/aromatic N) is 6. The van der Waals surface area contributed by atoms with Crippen molar-refractivity contribution in [1.82, 2.24) is 29.1 Å². The normalized spacial score (nSPS) is 20.3. The van der Waals surface area contributed by atoms with Gasteiger partial charge in [0.25, 0.3) is 5.56 Å². The Hall–Kier alpha value is -5.17. The summed E-state index contributed by atoms with van der Waals surface area (Å²) in [6.45, 7) is 7.08. The van der Waals surface area contributed by atoms with E-state index in [1.165, 1.54) is 29.6 Å². The molecule has 4 aromatic rings. The first-order chi connectivity index (χ1) is 23.5. The number of benzene rings is 2. The Morgan fingerprint density at radius 2 is 1.73 bits per heavy atom. The Kier molecular flexibility index (Phi) is 8.39. The van der Waals surface area contributed by atoms with Crippen molar-refractivity contribution >= 4 is 23.0 Å². The third-order valence-corrected chi connectivity index (χ3v) is 9.45.